The Morgan fingerprint density at radius 3 is 2.43 bits per heavy atom. The van der Waals surface area contributed by atoms with Crippen molar-refractivity contribution in [2.75, 3.05) is 0 Å². The molecule has 0 aliphatic heterocycles. The summed E-state index contributed by atoms with van der Waals surface area (Å²) in [6.45, 7) is 11.8. The van der Waals surface area contributed by atoms with Crippen LogP contribution in [-0.2, 0) is 4.43 Å². The van der Waals surface area contributed by atoms with Gasteiger partial charge in [0, 0.05) is 6.10 Å². The van der Waals surface area contributed by atoms with Crippen molar-refractivity contribution < 1.29 is 4.43 Å². The maximum absolute atomic E-state index is 6.90. The summed E-state index contributed by atoms with van der Waals surface area (Å²) in [5.74, 6) is 2.28. The van der Waals surface area contributed by atoms with E-state index >= 15 is 0 Å². The van der Waals surface area contributed by atoms with Crippen LogP contribution >= 0.6 is 0 Å². The van der Waals surface area contributed by atoms with Crippen LogP contribution in [-0.4, -0.2) is 14.4 Å². The maximum atomic E-state index is 6.90. The molecule has 1 aliphatic rings. The van der Waals surface area contributed by atoms with E-state index in [2.05, 4.69) is 64.6 Å². The second-order valence-corrected chi connectivity index (χ2v) is 11.4. The lowest BCUT2D eigenvalue weighted by molar-refractivity contribution is 0.0408. The van der Waals surface area contributed by atoms with Crippen LogP contribution in [0.1, 0.15) is 47.0 Å². The molecule has 21 heavy (non-hydrogen) atoms. The molecule has 1 unspecified atom stereocenters. The topological polar surface area (TPSA) is 9.23 Å². The summed E-state index contributed by atoms with van der Waals surface area (Å²) in [6.07, 6.45) is 4.42. The fourth-order valence-electron chi connectivity index (χ4n) is 3.73. The first-order valence-corrected chi connectivity index (χ1v) is 11.3. The van der Waals surface area contributed by atoms with Crippen LogP contribution in [0.3, 0.4) is 0 Å². The minimum atomic E-state index is -1.80. The molecule has 118 valence electrons. The Balaban J connectivity index is 2.19. The molecule has 1 saturated carbocycles. The van der Waals surface area contributed by atoms with Gasteiger partial charge in [-0.1, -0.05) is 64.4 Å². The van der Waals surface area contributed by atoms with Gasteiger partial charge in [0.25, 0.3) is 0 Å². The van der Waals surface area contributed by atoms with E-state index in [1.165, 1.54) is 24.4 Å². The monoisotopic (exact) mass is 304 g/mol. The minimum Gasteiger partial charge on any atom is -0.409 e. The Bertz CT molecular complexity index is 430. The summed E-state index contributed by atoms with van der Waals surface area (Å²) >= 11 is 0. The van der Waals surface area contributed by atoms with Crippen LogP contribution in [0.25, 0.3) is 0 Å². The molecule has 0 aromatic heterocycles. The highest BCUT2D eigenvalue weighted by atomic mass is 28.4. The van der Waals surface area contributed by atoms with Crippen LogP contribution in [0.4, 0.5) is 0 Å². The van der Waals surface area contributed by atoms with Gasteiger partial charge in [-0.2, -0.15) is 0 Å². The number of rotatable bonds is 5. The molecule has 1 aromatic rings. The number of benzene rings is 1. The molecule has 0 spiro atoms. The fourth-order valence-corrected chi connectivity index (χ4v) is 6.28. The first-order valence-electron chi connectivity index (χ1n) is 8.69. The van der Waals surface area contributed by atoms with Crippen molar-refractivity contribution in [2.45, 2.75) is 65.7 Å². The lowest BCUT2D eigenvalue weighted by Crippen LogP contribution is -2.52. The maximum Gasteiger partial charge on any atom is 0.221 e. The SMILES string of the molecule is CC[Si](C)(O[C@H]1C[C@H](C)CC[C@H]1C(C)C)c1ccccc1. The quantitative estimate of drug-likeness (QED) is 0.698. The lowest BCUT2D eigenvalue weighted by Gasteiger charge is -2.42. The summed E-state index contributed by atoms with van der Waals surface area (Å²) in [4.78, 5) is 0. The molecule has 0 bridgehead atoms. The second-order valence-electron chi connectivity index (χ2n) is 7.43. The van der Waals surface area contributed by atoms with E-state index < -0.39 is 8.32 Å². The van der Waals surface area contributed by atoms with E-state index in [4.69, 9.17) is 4.43 Å². The number of hydrogen-bond donors (Lipinski definition) is 0. The smallest absolute Gasteiger partial charge is 0.221 e. The van der Waals surface area contributed by atoms with E-state index in [0.29, 0.717) is 6.10 Å². The van der Waals surface area contributed by atoms with Gasteiger partial charge in [0.05, 0.1) is 0 Å². The zero-order valence-electron chi connectivity index (χ0n) is 14.4. The van der Waals surface area contributed by atoms with Gasteiger partial charge in [0.15, 0.2) is 0 Å². The third-order valence-electron chi connectivity index (χ3n) is 5.43. The van der Waals surface area contributed by atoms with Gasteiger partial charge >= 0.3 is 0 Å². The second kappa shape index (κ2) is 7.10. The van der Waals surface area contributed by atoms with Crippen LogP contribution in [0, 0.1) is 17.8 Å². The summed E-state index contributed by atoms with van der Waals surface area (Å²) in [6, 6.07) is 12.1. The molecule has 0 amide bonds. The zero-order valence-corrected chi connectivity index (χ0v) is 15.4. The van der Waals surface area contributed by atoms with Crippen molar-refractivity contribution in [3.63, 3.8) is 0 Å². The summed E-state index contributed by atoms with van der Waals surface area (Å²) in [7, 11) is -1.80. The van der Waals surface area contributed by atoms with Crippen LogP contribution in [0.2, 0.25) is 12.6 Å². The molecule has 1 aliphatic carbocycles. The normalized spacial score (nSPS) is 29.3. The van der Waals surface area contributed by atoms with Crippen LogP contribution < -0.4 is 5.19 Å². The van der Waals surface area contributed by atoms with E-state index in [-0.39, 0.29) is 0 Å². The van der Waals surface area contributed by atoms with Gasteiger partial charge in [0.2, 0.25) is 8.32 Å². The van der Waals surface area contributed by atoms with Crippen molar-refractivity contribution in [1.29, 1.82) is 0 Å². The third kappa shape index (κ3) is 3.98. The number of hydrogen-bond acceptors (Lipinski definition) is 1. The Kier molecular flexibility index (Phi) is 5.67. The molecule has 4 atom stereocenters. The van der Waals surface area contributed by atoms with Gasteiger partial charge in [-0.3, -0.25) is 0 Å². The van der Waals surface area contributed by atoms with Crippen molar-refractivity contribution in [3.8, 4) is 0 Å². The summed E-state index contributed by atoms with van der Waals surface area (Å²) in [5, 5.41) is 1.45. The van der Waals surface area contributed by atoms with Gasteiger partial charge in [-0.25, -0.2) is 0 Å². The Morgan fingerprint density at radius 2 is 1.86 bits per heavy atom. The van der Waals surface area contributed by atoms with Crippen LogP contribution in [0.15, 0.2) is 30.3 Å². The molecular formula is C19H32OSi. The van der Waals surface area contributed by atoms with Gasteiger partial charge in [-0.05, 0) is 48.4 Å². The van der Waals surface area contributed by atoms with E-state index in [9.17, 15) is 0 Å². The van der Waals surface area contributed by atoms with E-state index in [1.54, 1.807) is 0 Å². The highest BCUT2D eigenvalue weighted by Crippen LogP contribution is 2.37. The molecule has 2 rings (SSSR count). The largest absolute Gasteiger partial charge is 0.409 e. The van der Waals surface area contributed by atoms with Gasteiger partial charge in [-0.15, -0.1) is 0 Å². The molecule has 1 fully saturated rings. The Labute approximate surface area is 132 Å². The molecule has 1 aromatic carbocycles. The van der Waals surface area contributed by atoms with E-state index in [0.717, 1.165) is 23.8 Å². The fraction of sp³-hybridized carbons (Fsp3) is 0.684. The average molecular weight is 305 g/mol. The molecule has 2 heteroatoms. The summed E-state index contributed by atoms with van der Waals surface area (Å²) < 4.78 is 6.90. The first-order chi connectivity index (χ1) is 9.96. The molecule has 0 heterocycles. The minimum absolute atomic E-state index is 0.463. The molecule has 1 nitrogen and oxygen atoms in total. The molecule has 0 N–H and O–H groups in total. The highest BCUT2D eigenvalue weighted by molar-refractivity contribution is 6.85. The predicted octanol–water partition coefficient (Wildman–Crippen LogP) is 4.97. The lowest BCUT2D eigenvalue weighted by atomic mass is 9.75. The summed E-state index contributed by atoms with van der Waals surface area (Å²) in [5.41, 5.74) is 0. The van der Waals surface area contributed by atoms with Crippen LogP contribution in [0.5, 0.6) is 0 Å². The average Bonchev–Trinajstić information content (AvgIpc) is 2.47. The standard InChI is InChI=1S/C19H32OSi/c1-6-21(5,17-10-8-7-9-11-17)20-19-14-16(4)12-13-18(19)15(2)3/h7-11,15-16,18-19H,6,12-14H2,1-5H3/t16-,18+,19+,21?/m1/s1. The molecule has 0 radical (unpaired) electrons. The van der Waals surface area contributed by atoms with Gasteiger partial charge in [0.1, 0.15) is 0 Å². The molecular weight excluding hydrogens is 272 g/mol. The van der Waals surface area contributed by atoms with Crippen molar-refractivity contribution >= 4 is 13.5 Å². The Morgan fingerprint density at radius 1 is 1.19 bits per heavy atom. The Hall–Kier alpha value is -0.603. The van der Waals surface area contributed by atoms with Crippen molar-refractivity contribution in [3.05, 3.63) is 30.3 Å². The predicted molar refractivity (Wildman–Crippen MR) is 94.4 cm³/mol. The highest BCUT2D eigenvalue weighted by Gasteiger charge is 2.38. The van der Waals surface area contributed by atoms with Crippen molar-refractivity contribution in [1.82, 2.24) is 0 Å². The third-order valence-corrected chi connectivity index (χ3v) is 9.16. The molecule has 0 saturated heterocycles. The van der Waals surface area contributed by atoms with Gasteiger partial charge < -0.3 is 4.43 Å². The zero-order chi connectivity index (χ0) is 15.5. The first kappa shape index (κ1) is 16.8. The van der Waals surface area contributed by atoms with E-state index in [1.807, 2.05) is 0 Å². The van der Waals surface area contributed by atoms with Crippen molar-refractivity contribution in [2.24, 2.45) is 17.8 Å².